The van der Waals surface area contributed by atoms with Crippen LogP contribution in [-0.4, -0.2) is 28.0 Å². The Morgan fingerprint density at radius 1 is 1.43 bits per heavy atom. The summed E-state index contributed by atoms with van der Waals surface area (Å²) in [4.78, 5) is 27.9. The summed E-state index contributed by atoms with van der Waals surface area (Å²) in [6.07, 6.45) is 6.67. The molecule has 6 heteroatoms. The molecule has 0 saturated heterocycles. The minimum Gasteiger partial charge on any atom is -0.365 e. The van der Waals surface area contributed by atoms with Crippen LogP contribution in [0, 0.1) is 0 Å². The zero-order valence-electron chi connectivity index (χ0n) is 13.0. The van der Waals surface area contributed by atoms with Crippen molar-refractivity contribution < 1.29 is 4.79 Å². The Balaban J connectivity index is 1.83. The van der Waals surface area contributed by atoms with E-state index in [9.17, 15) is 9.59 Å². The predicted molar refractivity (Wildman–Crippen MR) is 82.4 cm³/mol. The van der Waals surface area contributed by atoms with Gasteiger partial charge in [0.25, 0.3) is 5.56 Å². The fraction of sp³-hybridized carbons (Fsp3) is 0.667. The molecule has 6 nitrogen and oxygen atoms in total. The third-order valence-corrected chi connectivity index (χ3v) is 3.38. The number of anilines is 1. The molecule has 116 valence electrons. The minimum absolute atomic E-state index is 0.0902. The van der Waals surface area contributed by atoms with Gasteiger partial charge in [-0.25, -0.2) is 4.98 Å². The summed E-state index contributed by atoms with van der Waals surface area (Å²) in [5.41, 5.74) is -0.409. The first-order chi connectivity index (χ1) is 9.88. The topological polar surface area (TPSA) is 76.0 Å². The summed E-state index contributed by atoms with van der Waals surface area (Å²) in [7, 11) is 0. The molecule has 0 aliphatic heterocycles. The molecule has 0 atom stereocenters. The quantitative estimate of drug-likeness (QED) is 0.779. The normalized spacial score (nSPS) is 14.8. The van der Waals surface area contributed by atoms with Crippen LogP contribution >= 0.6 is 0 Å². The van der Waals surface area contributed by atoms with Gasteiger partial charge in [-0.2, -0.15) is 0 Å². The lowest BCUT2D eigenvalue weighted by Gasteiger charge is -2.22. The molecule has 2 N–H and O–H groups in total. The first-order valence-corrected chi connectivity index (χ1v) is 7.49. The number of amides is 1. The molecule has 1 aromatic rings. The van der Waals surface area contributed by atoms with E-state index in [0.29, 0.717) is 31.2 Å². The second-order valence-corrected chi connectivity index (χ2v) is 6.49. The van der Waals surface area contributed by atoms with E-state index >= 15 is 0 Å². The molecule has 0 radical (unpaired) electrons. The summed E-state index contributed by atoms with van der Waals surface area (Å²) in [6, 6.07) is 0.403. The maximum Gasteiger partial charge on any atom is 0.293 e. The van der Waals surface area contributed by atoms with E-state index in [2.05, 4.69) is 15.6 Å². The molecule has 0 spiro atoms. The van der Waals surface area contributed by atoms with Crippen LogP contribution in [-0.2, 0) is 10.3 Å². The van der Waals surface area contributed by atoms with Gasteiger partial charge in [-0.1, -0.05) is 0 Å². The van der Waals surface area contributed by atoms with Crippen molar-refractivity contribution in [1.29, 1.82) is 0 Å². The van der Waals surface area contributed by atoms with Crippen molar-refractivity contribution >= 4 is 11.7 Å². The van der Waals surface area contributed by atoms with E-state index in [1.807, 2.05) is 20.8 Å². The van der Waals surface area contributed by atoms with Gasteiger partial charge in [-0.3, -0.25) is 9.59 Å². The number of nitrogens with zero attached hydrogens (tertiary/aromatic N) is 2. The highest BCUT2D eigenvalue weighted by molar-refractivity contribution is 5.76. The standard InChI is InChI=1S/C15H24N4O2/c1-15(2,3)19-10-9-17-13(14(19)21)16-8-4-5-12(20)18-11-6-7-11/h9-11H,4-8H2,1-3H3,(H,16,17)(H,18,20). The molecular formula is C15H24N4O2. The monoisotopic (exact) mass is 292 g/mol. The van der Waals surface area contributed by atoms with Crippen LogP contribution in [0.3, 0.4) is 0 Å². The fourth-order valence-electron chi connectivity index (χ4n) is 2.04. The Bertz CT molecular complexity index is 556. The first kappa shape index (κ1) is 15.5. The SMILES string of the molecule is CC(C)(C)n1ccnc(NCCCC(=O)NC2CC2)c1=O. The molecular weight excluding hydrogens is 268 g/mol. The molecule has 2 rings (SSSR count). The van der Waals surface area contributed by atoms with Gasteiger partial charge >= 0.3 is 0 Å². The van der Waals surface area contributed by atoms with Gasteiger partial charge in [-0.15, -0.1) is 0 Å². The highest BCUT2D eigenvalue weighted by Crippen LogP contribution is 2.18. The van der Waals surface area contributed by atoms with Gasteiger partial charge in [0.15, 0.2) is 5.82 Å². The molecule has 1 aliphatic carbocycles. The third kappa shape index (κ3) is 4.58. The Morgan fingerprint density at radius 2 is 2.14 bits per heavy atom. The second kappa shape index (κ2) is 6.28. The summed E-state index contributed by atoms with van der Waals surface area (Å²) >= 11 is 0. The van der Waals surface area contributed by atoms with Crippen molar-refractivity contribution in [2.24, 2.45) is 0 Å². The van der Waals surface area contributed by atoms with Gasteiger partial charge in [0.2, 0.25) is 5.91 Å². The van der Waals surface area contributed by atoms with Crippen LogP contribution in [0.4, 0.5) is 5.82 Å². The van der Waals surface area contributed by atoms with Crippen LogP contribution in [0.15, 0.2) is 17.2 Å². The smallest absolute Gasteiger partial charge is 0.293 e. The van der Waals surface area contributed by atoms with Crippen LogP contribution in [0.25, 0.3) is 0 Å². The van der Waals surface area contributed by atoms with E-state index in [-0.39, 0.29) is 17.0 Å². The van der Waals surface area contributed by atoms with Crippen LogP contribution in [0.1, 0.15) is 46.5 Å². The number of carbonyl (C=O) groups is 1. The number of hydrogen-bond donors (Lipinski definition) is 2. The average molecular weight is 292 g/mol. The molecule has 21 heavy (non-hydrogen) atoms. The van der Waals surface area contributed by atoms with Gasteiger partial charge in [0.1, 0.15) is 0 Å². The summed E-state index contributed by atoms with van der Waals surface area (Å²) in [6.45, 7) is 6.48. The maximum absolute atomic E-state index is 12.3. The van der Waals surface area contributed by atoms with E-state index in [1.165, 1.54) is 0 Å². The highest BCUT2D eigenvalue weighted by atomic mass is 16.1. The molecule has 1 heterocycles. The molecule has 1 aromatic heterocycles. The Labute approximate surface area is 125 Å². The summed E-state index contributed by atoms with van der Waals surface area (Å²) < 4.78 is 1.65. The summed E-state index contributed by atoms with van der Waals surface area (Å²) in [5, 5.41) is 5.97. The van der Waals surface area contributed by atoms with Crippen LogP contribution in [0.2, 0.25) is 0 Å². The van der Waals surface area contributed by atoms with Gasteiger partial charge in [-0.05, 0) is 40.0 Å². The van der Waals surface area contributed by atoms with E-state index in [1.54, 1.807) is 17.0 Å². The van der Waals surface area contributed by atoms with Crippen molar-refractivity contribution in [3.8, 4) is 0 Å². The number of rotatable bonds is 6. The predicted octanol–water partition coefficient (Wildman–Crippen LogP) is 1.47. The highest BCUT2D eigenvalue weighted by Gasteiger charge is 2.22. The second-order valence-electron chi connectivity index (χ2n) is 6.49. The Hall–Kier alpha value is -1.85. The first-order valence-electron chi connectivity index (χ1n) is 7.49. The molecule has 1 amide bonds. The fourth-order valence-corrected chi connectivity index (χ4v) is 2.04. The summed E-state index contributed by atoms with van der Waals surface area (Å²) in [5.74, 6) is 0.433. The lowest BCUT2D eigenvalue weighted by atomic mass is 10.1. The van der Waals surface area contributed by atoms with Crippen molar-refractivity contribution in [3.63, 3.8) is 0 Å². The van der Waals surface area contributed by atoms with Crippen molar-refractivity contribution in [3.05, 3.63) is 22.7 Å². The largest absolute Gasteiger partial charge is 0.365 e. The lowest BCUT2D eigenvalue weighted by Crippen LogP contribution is -2.35. The maximum atomic E-state index is 12.3. The molecule has 1 saturated carbocycles. The third-order valence-electron chi connectivity index (χ3n) is 3.38. The zero-order chi connectivity index (χ0) is 15.5. The van der Waals surface area contributed by atoms with Gasteiger partial charge in [0, 0.05) is 36.9 Å². The number of hydrogen-bond acceptors (Lipinski definition) is 4. The van der Waals surface area contributed by atoms with Crippen LogP contribution in [0.5, 0.6) is 0 Å². The molecule has 1 fully saturated rings. The zero-order valence-corrected chi connectivity index (χ0v) is 13.0. The van der Waals surface area contributed by atoms with Crippen molar-refractivity contribution in [1.82, 2.24) is 14.9 Å². The lowest BCUT2D eigenvalue weighted by molar-refractivity contribution is -0.121. The number of nitrogens with one attached hydrogen (secondary N) is 2. The molecule has 0 unspecified atom stereocenters. The van der Waals surface area contributed by atoms with E-state index < -0.39 is 0 Å². The number of aromatic nitrogens is 2. The average Bonchev–Trinajstić information content (AvgIpc) is 3.18. The van der Waals surface area contributed by atoms with Gasteiger partial charge in [0.05, 0.1) is 0 Å². The van der Waals surface area contributed by atoms with Gasteiger partial charge < -0.3 is 15.2 Å². The van der Waals surface area contributed by atoms with Crippen molar-refractivity contribution in [2.75, 3.05) is 11.9 Å². The minimum atomic E-state index is -0.277. The van der Waals surface area contributed by atoms with E-state index in [4.69, 9.17) is 0 Å². The number of carbonyl (C=O) groups excluding carboxylic acids is 1. The van der Waals surface area contributed by atoms with Crippen molar-refractivity contribution in [2.45, 2.75) is 58.0 Å². The Kier molecular flexibility index (Phi) is 4.65. The molecule has 0 aromatic carbocycles. The van der Waals surface area contributed by atoms with Crippen LogP contribution < -0.4 is 16.2 Å². The molecule has 1 aliphatic rings. The Morgan fingerprint density at radius 3 is 2.76 bits per heavy atom. The molecule has 0 bridgehead atoms. The van der Waals surface area contributed by atoms with E-state index in [0.717, 1.165) is 12.8 Å².